The first kappa shape index (κ1) is 16.6. The number of rotatable bonds is 6. The van der Waals surface area contributed by atoms with Crippen molar-refractivity contribution in [1.82, 2.24) is 0 Å². The molecule has 0 spiro atoms. The molecule has 0 radical (unpaired) electrons. The molecular formula is C18H18ClNO4. The molecule has 24 heavy (non-hydrogen) atoms. The first-order valence-electron chi connectivity index (χ1n) is 7.69. The molecule has 3 rings (SSSR count). The van der Waals surface area contributed by atoms with Crippen molar-refractivity contribution in [3.63, 3.8) is 0 Å². The second-order valence-electron chi connectivity index (χ2n) is 5.45. The summed E-state index contributed by atoms with van der Waals surface area (Å²) < 4.78 is 11.0. The van der Waals surface area contributed by atoms with Crippen molar-refractivity contribution in [3.05, 3.63) is 53.6 Å². The highest BCUT2D eigenvalue weighted by atomic mass is 35.5. The summed E-state index contributed by atoms with van der Waals surface area (Å²) in [4.78, 5) is 12.6. The smallest absolute Gasteiger partial charge is 0.193 e. The van der Waals surface area contributed by atoms with Crippen LogP contribution in [0, 0.1) is 0 Å². The average Bonchev–Trinajstić information content (AvgIpc) is 2.65. The van der Waals surface area contributed by atoms with E-state index in [9.17, 15) is 9.90 Å². The van der Waals surface area contributed by atoms with Gasteiger partial charge in [0.25, 0.3) is 0 Å². The lowest BCUT2D eigenvalue weighted by atomic mass is 10.0. The van der Waals surface area contributed by atoms with Crippen LogP contribution >= 0.6 is 11.6 Å². The number of hydrogen-bond donors (Lipinski definition) is 2. The number of halogens is 1. The fraction of sp³-hybridized carbons (Fsp3) is 0.278. The number of ketones is 1. The molecule has 5 nitrogen and oxygen atoms in total. The predicted octanol–water partition coefficient (Wildman–Crippen LogP) is 2.70. The lowest BCUT2D eigenvalue weighted by Gasteiger charge is -2.18. The van der Waals surface area contributed by atoms with Gasteiger partial charge in [0.2, 0.25) is 0 Å². The Balaban J connectivity index is 1.71. The third kappa shape index (κ3) is 3.80. The molecule has 0 aliphatic carbocycles. The van der Waals surface area contributed by atoms with Crippen LogP contribution < -0.4 is 14.8 Å². The van der Waals surface area contributed by atoms with Crippen molar-refractivity contribution >= 4 is 23.1 Å². The first-order chi connectivity index (χ1) is 11.7. The highest BCUT2D eigenvalue weighted by Gasteiger charge is 2.16. The Bertz CT molecular complexity index is 717. The number of carbonyl (C=O) groups excluding carboxylic acids is 1. The van der Waals surface area contributed by atoms with Crippen LogP contribution in [0.3, 0.4) is 0 Å². The summed E-state index contributed by atoms with van der Waals surface area (Å²) in [7, 11) is 0. The summed E-state index contributed by atoms with van der Waals surface area (Å²) in [6.07, 6.45) is -0.606. The normalized spacial score (nSPS) is 14.1. The molecule has 1 aliphatic rings. The molecule has 0 saturated carbocycles. The van der Waals surface area contributed by atoms with Gasteiger partial charge >= 0.3 is 0 Å². The molecule has 2 N–H and O–H groups in total. The van der Waals surface area contributed by atoms with Crippen molar-refractivity contribution in [2.75, 3.05) is 31.0 Å². The maximum absolute atomic E-state index is 12.6. The van der Waals surface area contributed by atoms with Crippen molar-refractivity contribution in [1.29, 1.82) is 0 Å². The lowest BCUT2D eigenvalue weighted by Crippen LogP contribution is -2.20. The van der Waals surface area contributed by atoms with E-state index in [2.05, 4.69) is 5.32 Å². The lowest BCUT2D eigenvalue weighted by molar-refractivity contribution is 0.103. The van der Waals surface area contributed by atoms with E-state index in [1.54, 1.807) is 42.5 Å². The highest BCUT2D eigenvalue weighted by molar-refractivity contribution is 6.18. The van der Waals surface area contributed by atoms with Gasteiger partial charge in [-0.2, -0.15) is 0 Å². The maximum atomic E-state index is 12.6. The van der Waals surface area contributed by atoms with E-state index in [1.165, 1.54) is 0 Å². The van der Waals surface area contributed by atoms with E-state index in [0.29, 0.717) is 42.4 Å². The van der Waals surface area contributed by atoms with E-state index in [1.807, 2.05) is 0 Å². The van der Waals surface area contributed by atoms with E-state index in [0.717, 1.165) is 5.69 Å². The molecule has 0 saturated heterocycles. The van der Waals surface area contributed by atoms with Gasteiger partial charge in [0.15, 0.2) is 17.3 Å². The molecule has 0 bridgehead atoms. The number of aliphatic hydroxyl groups is 1. The van der Waals surface area contributed by atoms with Crippen molar-refractivity contribution in [2.24, 2.45) is 0 Å². The minimum Gasteiger partial charge on any atom is -0.486 e. The van der Waals surface area contributed by atoms with Crippen LogP contribution in [0.5, 0.6) is 11.5 Å². The molecular weight excluding hydrogens is 330 g/mol. The second kappa shape index (κ2) is 7.55. The van der Waals surface area contributed by atoms with Gasteiger partial charge in [0, 0.05) is 23.4 Å². The fourth-order valence-corrected chi connectivity index (χ4v) is 2.49. The van der Waals surface area contributed by atoms with Gasteiger partial charge < -0.3 is 19.9 Å². The zero-order chi connectivity index (χ0) is 16.9. The first-order valence-corrected chi connectivity index (χ1v) is 8.23. The summed E-state index contributed by atoms with van der Waals surface area (Å²) in [5, 5.41) is 12.5. The van der Waals surface area contributed by atoms with Gasteiger partial charge in [-0.25, -0.2) is 0 Å². The van der Waals surface area contributed by atoms with Gasteiger partial charge in [-0.3, -0.25) is 4.79 Å². The quantitative estimate of drug-likeness (QED) is 0.621. The molecule has 1 aliphatic heterocycles. The van der Waals surface area contributed by atoms with Crippen LogP contribution in [0.25, 0.3) is 0 Å². The Morgan fingerprint density at radius 1 is 1.08 bits per heavy atom. The molecule has 1 atom stereocenters. The zero-order valence-corrected chi connectivity index (χ0v) is 13.8. The number of alkyl halides is 1. The van der Waals surface area contributed by atoms with Crippen molar-refractivity contribution in [3.8, 4) is 11.5 Å². The SMILES string of the molecule is O=C(c1ccc(NCC(O)CCl)cc1)c1ccc2c(c1)OCCO2. The molecule has 0 fully saturated rings. The number of nitrogens with one attached hydrogen (secondary N) is 1. The molecule has 2 aromatic rings. The summed E-state index contributed by atoms with van der Waals surface area (Å²) >= 11 is 5.55. The number of fused-ring (bicyclic) bond motifs is 1. The van der Waals surface area contributed by atoms with Crippen LogP contribution in [-0.2, 0) is 0 Å². The number of ether oxygens (including phenoxy) is 2. The Morgan fingerprint density at radius 3 is 2.46 bits per heavy atom. The van der Waals surface area contributed by atoms with Crippen LogP contribution in [0.2, 0.25) is 0 Å². The van der Waals surface area contributed by atoms with Crippen molar-refractivity contribution < 1.29 is 19.4 Å². The highest BCUT2D eigenvalue weighted by Crippen LogP contribution is 2.31. The molecule has 6 heteroatoms. The molecule has 0 amide bonds. The number of hydrogen-bond acceptors (Lipinski definition) is 5. The van der Waals surface area contributed by atoms with Crippen LogP contribution in [0.1, 0.15) is 15.9 Å². The summed E-state index contributed by atoms with van der Waals surface area (Å²) in [5.41, 5.74) is 1.95. The minimum absolute atomic E-state index is 0.0840. The standard InChI is InChI=1S/C18H18ClNO4/c19-10-15(21)11-20-14-4-1-12(2-5-14)18(22)13-3-6-16-17(9-13)24-8-7-23-16/h1-6,9,15,20-21H,7-8,10-11H2. The Kier molecular flexibility index (Phi) is 5.23. The van der Waals surface area contributed by atoms with Crippen LogP contribution in [0.15, 0.2) is 42.5 Å². The number of anilines is 1. The number of carbonyl (C=O) groups is 1. The zero-order valence-electron chi connectivity index (χ0n) is 13.0. The van der Waals surface area contributed by atoms with E-state index < -0.39 is 6.10 Å². The average molecular weight is 348 g/mol. The summed E-state index contributed by atoms with van der Waals surface area (Å²) in [6.45, 7) is 1.37. The van der Waals surface area contributed by atoms with Crippen LogP contribution in [0.4, 0.5) is 5.69 Å². The van der Waals surface area contributed by atoms with Gasteiger partial charge in [-0.05, 0) is 42.5 Å². The monoisotopic (exact) mass is 347 g/mol. The van der Waals surface area contributed by atoms with Crippen molar-refractivity contribution in [2.45, 2.75) is 6.10 Å². The third-order valence-corrected chi connectivity index (χ3v) is 4.03. The van der Waals surface area contributed by atoms with Gasteiger partial charge in [-0.1, -0.05) is 0 Å². The Morgan fingerprint density at radius 2 is 1.75 bits per heavy atom. The largest absolute Gasteiger partial charge is 0.486 e. The number of benzene rings is 2. The molecule has 2 aromatic carbocycles. The van der Waals surface area contributed by atoms with Gasteiger partial charge in [0.05, 0.1) is 12.0 Å². The molecule has 1 heterocycles. The van der Waals surface area contributed by atoms with E-state index in [4.69, 9.17) is 21.1 Å². The predicted molar refractivity (Wildman–Crippen MR) is 92.5 cm³/mol. The Labute approximate surface area is 145 Å². The van der Waals surface area contributed by atoms with Gasteiger partial charge in [-0.15, -0.1) is 11.6 Å². The number of aliphatic hydroxyl groups excluding tert-OH is 1. The molecule has 0 aromatic heterocycles. The molecule has 1 unspecified atom stereocenters. The van der Waals surface area contributed by atoms with Gasteiger partial charge in [0.1, 0.15) is 13.2 Å². The van der Waals surface area contributed by atoms with Crippen LogP contribution in [-0.4, -0.2) is 42.6 Å². The fourth-order valence-electron chi connectivity index (χ4n) is 2.38. The topological polar surface area (TPSA) is 67.8 Å². The third-order valence-electron chi connectivity index (χ3n) is 3.67. The maximum Gasteiger partial charge on any atom is 0.193 e. The molecule has 126 valence electrons. The second-order valence-corrected chi connectivity index (χ2v) is 5.76. The van der Waals surface area contributed by atoms with E-state index >= 15 is 0 Å². The minimum atomic E-state index is -0.606. The van der Waals surface area contributed by atoms with E-state index in [-0.39, 0.29) is 11.7 Å². The Hall–Kier alpha value is -2.24. The summed E-state index contributed by atoms with van der Waals surface area (Å²) in [6, 6.07) is 12.3. The summed E-state index contributed by atoms with van der Waals surface area (Å²) in [5.74, 6) is 1.35.